The molecule has 0 radical (unpaired) electrons. The molecule has 0 unspecified atom stereocenters. The van der Waals surface area contributed by atoms with Crippen molar-refractivity contribution in [3.63, 3.8) is 0 Å². The van der Waals surface area contributed by atoms with Gasteiger partial charge in [0.25, 0.3) is 5.91 Å². The summed E-state index contributed by atoms with van der Waals surface area (Å²) in [6.45, 7) is 1.12. The molecule has 2 aromatic rings. The standard InChI is InChI=1S/C15H16ClN3O2/c16-11-2-1-10-7-13(18-12(10)8-11)15(21)19-5-3-9(4-6-19)14(17)20/h1-2,7-9,18H,3-6H2,(H2,17,20). The molecule has 0 saturated carbocycles. The summed E-state index contributed by atoms with van der Waals surface area (Å²) in [5.74, 6) is -0.442. The number of carbonyl (C=O) groups is 2. The van der Waals surface area contributed by atoms with Gasteiger partial charge in [-0.25, -0.2) is 0 Å². The molecule has 1 aliphatic rings. The Morgan fingerprint density at radius 1 is 1.24 bits per heavy atom. The van der Waals surface area contributed by atoms with Gasteiger partial charge in [0.1, 0.15) is 5.69 Å². The number of aromatic amines is 1. The van der Waals surface area contributed by atoms with Gasteiger partial charge in [-0.2, -0.15) is 0 Å². The summed E-state index contributed by atoms with van der Waals surface area (Å²) in [6.07, 6.45) is 1.26. The van der Waals surface area contributed by atoms with Crippen LogP contribution in [0.15, 0.2) is 24.3 Å². The van der Waals surface area contributed by atoms with Crippen molar-refractivity contribution in [1.29, 1.82) is 0 Å². The van der Waals surface area contributed by atoms with E-state index >= 15 is 0 Å². The molecule has 0 atom stereocenters. The molecular formula is C15H16ClN3O2. The van der Waals surface area contributed by atoms with E-state index in [1.807, 2.05) is 12.1 Å². The lowest BCUT2D eigenvalue weighted by molar-refractivity contribution is -0.123. The number of primary amides is 1. The molecule has 0 aliphatic carbocycles. The summed E-state index contributed by atoms with van der Waals surface area (Å²) in [6, 6.07) is 7.30. The van der Waals surface area contributed by atoms with Crippen molar-refractivity contribution in [3.8, 4) is 0 Å². The lowest BCUT2D eigenvalue weighted by Gasteiger charge is -2.30. The fourth-order valence-electron chi connectivity index (χ4n) is 2.75. The number of benzene rings is 1. The zero-order chi connectivity index (χ0) is 15.0. The first-order valence-corrected chi connectivity index (χ1v) is 7.29. The second kappa shape index (κ2) is 5.41. The van der Waals surface area contributed by atoms with Crippen LogP contribution in [0.1, 0.15) is 23.3 Å². The number of aromatic nitrogens is 1. The van der Waals surface area contributed by atoms with Crippen molar-refractivity contribution in [2.45, 2.75) is 12.8 Å². The van der Waals surface area contributed by atoms with Crippen LogP contribution in [-0.2, 0) is 4.79 Å². The van der Waals surface area contributed by atoms with Crippen LogP contribution >= 0.6 is 11.6 Å². The van der Waals surface area contributed by atoms with E-state index in [2.05, 4.69) is 4.98 Å². The molecule has 3 N–H and O–H groups in total. The Morgan fingerprint density at radius 2 is 1.95 bits per heavy atom. The van der Waals surface area contributed by atoms with Gasteiger partial charge in [0.2, 0.25) is 5.91 Å². The third-order valence-corrected chi connectivity index (χ3v) is 4.23. The third-order valence-electron chi connectivity index (χ3n) is 4.00. The van der Waals surface area contributed by atoms with Crippen molar-refractivity contribution < 1.29 is 9.59 Å². The largest absolute Gasteiger partial charge is 0.369 e. The minimum absolute atomic E-state index is 0.0507. The van der Waals surface area contributed by atoms with E-state index in [0.29, 0.717) is 36.6 Å². The van der Waals surface area contributed by atoms with E-state index in [0.717, 1.165) is 10.9 Å². The molecule has 1 fully saturated rings. The smallest absolute Gasteiger partial charge is 0.270 e. The Labute approximate surface area is 127 Å². The molecule has 2 amide bonds. The monoisotopic (exact) mass is 305 g/mol. The van der Waals surface area contributed by atoms with Crippen LogP contribution in [-0.4, -0.2) is 34.8 Å². The van der Waals surface area contributed by atoms with E-state index < -0.39 is 0 Å². The first-order chi connectivity index (χ1) is 10.0. The highest BCUT2D eigenvalue weighted by Gasteiger charge is 2.27. The molecule has 1 saturated heterocycles. The van der Waals surface area contributed by atoms with Crippen LogP contribution in [0.3, 0.4) is 0 Å². The Hall–Kier alpha value is -2.01. The van der Waals surface area contributed by atoms with Crippen LogP contribution in [0.4, 0.5) is 0 Å². The number of piperidine rings is 1. The second-order valence-corrected chi connectivity index (χ2v) is 5.82. The van der Waals surface area contributed by atoms with E-state index in [-0.39, 0.29) is 17.7 Å². The third kappa shape index (κ3) is 2.74. The summed E-state index contributed by atoms with van der Waals surface area (Å²) < 4.78 is 0. The van der Waals surface area contributed by atoms with Gasteiger partial charge in [-0.1, -0.05) is 17.7 Å². The zero-order valence-electron chi connectivity index (χ0n) is 11.4. The van der Waals surface area contributed by atoms with E-state index in [1.54, 1.807) is 17.0 Å². The van der Waals surface area contributed by atoms with Gasteiger partial charge in [0.15, 0.2) is 0 Å². The molecule has 21 heavy (non-hydrogen) atoms. The number of nitrogens with zero attached hydrogens (tertiary/aromatic N) is 1. The number of halogens is 1. The number of amides is 2. The molecule has 1 aromatic carbocycles. The zero-order valence-corrected chi connectivity index (χ0v) is 12.2. The summed E-state index contributed by atoms with van der Waals surface area (Å²) in [5.41, 5.74) is 6.70. The molecule has 5 nitrogen and oxygen atoms in total. The van der Waals surface area contributed by atoms with Gasteiger partial charge in [-0.15, -0.1) is 0 Å². The Kier molecular flexibility index (Phi) is 3.59. The normalized spacial score (nSPS) is 16.3. The number of fused-ring (bicyclic) bond motifs is 1. The minimum atomic E-state index is -0.276. The molecule has 110 valence electrons. The predicted molar refractivity (Wildman–Crippen MR) is 81.1 cm³/mol. The quantitative estimate of drug-likeness (QED) is 0.891. The van der Waals surface area contributed by atoms with Crippen molar-refractivity contribution in [3.05, 3.63) is 35.0 Å². The summed E-state index contributed by atoms with van der Waals surface area (Å²) >= 11 is 5.94. The molecule has 2 heterocycles. The number of nitrogens with one attached hydrogen (secondary N) is 1. The fraction of sp³-hybridized carbons (Fsp3) is 0.333. The lowest BCUT2D eigenvalue weighted by atomic mass is 9.96. The van der Waals surface area contributed by atoms with Crippen LogP contribution in [0.25, 0.3) is 10.9 Å². The summed E-state index contributed by atoms with van der Waals surface area (Å²) in [7, 11) is 0. The Balaban J connectivity index is 1.76. The highest BCUT2D eigenvalue weighted by atomic mass is 35.5. The van der Waals surface area contributed by atoms with Crippen molar-refractivity contribution in [1.82, 2.24) is 9.88 Å². The van der Waals surface area contributed by atoms with Crippen molar-refractivity contribution in [2.75, 3.05) is 13.1 Å². The average Bonchev–Trinajstić information content (AvgIpc) is 2.89. The predicted octanol–water partition coefficient (Wildman–Crippen LogP) is 2.16. The average molecular weight is 306 g/mol. The number of nitrogens with two attached hydrogens (primary N) is 1. The first kappa shape index (κ1) is 13.9. The van der Waals surface area contributed by atoms with Crippen LogP contribution < -0.4 is 5.73 Å². The maximum atomic E-state index is 12.5. The number of H-pyrrole nitrogens is 1. The first-order valence-electron chi connectivity index (χ1n) is 6.91. The topological polar surface area (TPSA) is 79.2 Å². The molecule has 6 heteroatoms. The molecule has 3 rings (SSSR count). The molecule has 0 bridgehead atoms. The van der Waals surface area contributed by atoms with Gasteiger partial charge < -0.3 is 15.6 Å². The van der Waals surface area contributed by atoms with E-state index in [4.69, 9.17) is 17.3 Å². The Morgan fingerprint density at radius 3 is 2.62 bits per heavy atom. The number of hydrogen-bond donors (Lipinski definition) is 2. The number of rotatable bonds is 2. The maximum absolute atomic E-state index is 12.5. The van der Waals surface area contributed by atoms with E-state index in [1.165, 1.54) is 0 Å². The van der Waals surface area contributed by atoms with Crippen LogP contribution in [0.2, 0.25) is 5.02 Å². The highest BCUT2D eigenvalue weighted by Crippen LogP contribution is 2.23. The van der Waals surface area contributed by atoms with Gasteiger partial charge in [-0.3, -0.25) is 9.59 Å². The maximum Gasteiger partial charge on any atom is 0.270 e. The molecule has 1 aliphatic heterocycles. The van der Waals surface area contributed by atoms with Crippen LogP contribution in [0, 0.1) is 5.92 Å². The van der Waals surface area contributed by atoms with Gasteiger partial charge in [0, 0.05) is 34.9 Å². The Bertz CT molecular complexity index is 702. The summed E-state index contributed by atoms with van der Waals surface area (Å²) in [4.78, 5) is 28.5. The molecular weight excluding hydrogens is 290 g/mol. The second-order valence-electron chi connectivity index (χ2n) is 5.38. The van der Waals surface area contributed by atoms with Crippen molar-refractivity contribution in [2.24, 2.45) is 11.7 Å². The minimum Gasteiger partial charge on any atom is -0.369 e. The van der Waals surface area contributed by atoms with Gasteiger partial charge in [0.05, 0.1) is 0 Å². The van der Waals surface area contributed by atoms with Crippen molar-refractivity contribution >= 4 is 34.3 Å². The fourth-order valence-corrected chi connectivity index (χ4v) is 2.92. The molecule has 0 spiro atoms. The number of carbonyl (C=O) groups excluding carboxylic acids is 2. The number of likely N-dealkylation sites (tertiary alicyclic amines) is 1. The van der Waals surface area contributed by atoms with Gasteiger partial charge in [-0.05, 0) is 31.0 Å². The van der Waals surface area contributed by atoms with E-state index in [9.17, 15) is 9.59 Å². The number of hydrogen-bond acceptors (Lipinski definition) is 2. The van der Waals surface area contributed by atoms with Crippen LogP contribution in [0.5, 0.6) is 0 Å². The van der Waals surface area contributed by atoms with Gasteiger partial charge >= 0.3 is 0 Å². The SMILES string of the molecule is NC(=O)C1CCN(C(=O)c2cc3ccc(Cl)cc3[nH]2)CC1. The lowest BCUT2D eigenvalue weighted by Crippen LogP contribution is -2.41. The summed E-state index contributed by atoms with van der Waals surface area (Å²) in [5, 5.41) is 1.58. The molecule has 1 aromatic heterocycles. The highest BCUT2D eigenvalue weighted by molar-refractivity contribution is 6.31.